The maximum Gasteiger partial charge on any atom is 0.250 e. The van der Waals surface area contributed by atoms with Gasteiger partial charge >= 0.3 is 0 Å². The number of rotatable bonds is 5. The van der Waals surface area contributed by atoms with E-state index in [0.29, 0.717) is 10.3 Å². The highest BCUT2D eigenvalue weighted by Gasteiger charge is 2.06. The molecular weight excluding hydrogens is 352 g/mol. The van der Waals surface area contributed by atoms with Crippen molar-refractivity contribution in [3.05, 3.63) is 59.2 Å². The Kier molecular flexibility index (Phi) is 5.57. The number of carbonyl (C=O) groups excluding carboxylic acids is 1. The summed E-state index contributed by atoms with van der Waals surface area (Å²) in [5.74, 6) is -0.237. The molecule has 0 spiro atoms. The van der Waals surface area contributed by atoms with Gasteiger partial charge in [0.1, 0.15) is 0 Å². The van der Waals surface area contributed by atoms with E-state index in [1.54, 1.807) is 18.5 Å². The fraction of sp³-hybridized carbons (Fsp3) is 0.111. The Hall–Kier alpha value is -2.51. The fourth-order valence-corrected chi connectivity index (χ4v) is 3.06. The lowest BCUT2D eigenvalue weighted by Gasteiger charge is -1.98. The van der Waals surface area contributed by atoms with Gasteiger partial charge in [0.15, 0.2) is 10.3 Å². The highest BCUT2D eigenvalue weighted by atomic mass is 32.2. The number of nitrogens with zero attached hydrogens (tertiary/aromatic N) is 3. The Morgan fingerprint density at radius 3 is 2.60 bits per heavy atom. The third-order valence-corrected chi connectivity index (χ3v) is 4.67. The zero-order valence-corrected chi connectivity index (χ0v) is 15.4. The number of aryl methyl sites for hydroxylation is 1. The predicted octanol–water partition coefficient (Wildman–Crippen LogP) is 4.28. The molecule has 0 aliphatic heterocycles. The normalized spacial score (nSPS) is 11.0. The van der Waals surface area contributed by atoms with Crippen molar-refractivity contribution in [2.24, 2.45) is 0 Å². The van der Waals surface area contributed by atoms with Gasteiger partial charge in [-0.05, 0) is 19.3 Å². The average Bonchev–Trinajstić information content (AvgIpc) is 3.09. The number of aromatic nitrogens is 3. The molecule has 126 valence electrons. The van der Waals surface area contributed by atoms with Gasteiger partial charge in [-0.1, -0.05) is 41.6 Å². The van der Waals surface area contributed by atoms with E-state index in [-0.39, 0.29) is 5.91 Å². The lowest BCUT2D eigenvalue weighted by molar-refractivity contribution is -0.111. The molecule has 0 radical (unpaired) electrons. The van der Waals surface area contributed by atoms with Gasteiger partial charge in [-0.15, -0.1) is 11.3 Å². The van der Waals surface area contributed by atoms with E-state index in [2.05, 4.69) is 20.3 Å². The molecule has 25 heavy (non-hydrogen) atoms. The Labute approximate surface area is 154 Å². The highest BCUT2D eigenvalue weighted by molar-refractivity contribution is 7.98. The molecule has 0 saturated heterocycles. The van der Waals surface area contributed by atoms with E-state index in [4.69, 9.17) is 0 Å². The van der Waals surface area contributed by atoms with Crippen LogP contribution in [-0.2, 0) is 4.79 Å². The smallest absolute Gasteiger partial charge is 0.250 e. The standard InChI is InChI=1S/C18H16N4OS2/c1-12-3-6-14(7-4-12)15-11-25-18(21-15)22-16(23)8-5-13-9-19-17(24-2)20-10-13/h3-11H,1-2H3,(H,21,22,23). The number of hydrogen-bond acceptors (Lipinski definition) is 6. The van der Waals surface area contributed by atoms with Gasteiger partial charge in [-0.3, -0.25) is 10.1 Å². The second-order valence-electron chi connectivity index (χ2n) is 5.23. The van der Waals surface area contributed by atoms with Gasteiger partial charge in [0.25, 0.3) is 0 Å². The van der Waals surface area contributed by atoms with Crippen LogP contribution in [0.2, 0.25) is 0 Å². The van der Waals surface area contributed by atoms with Gasteiger partial charge in [-0.2, -0.15) is 0 Å². The van der Waals surface area contributed by atoms with Gasteiger partial charge in [0, 0.05) is 35.0 Å². The number of amides is 1. The van der Waals surface area contributed by atoms with E-state index < -0.39 is 0 Å². The monoisotopic (exact) mass is 368 g/mol. The molecule has 0 unspecified atom stereocenters. The van der Waals surface area contributed by atoms with Crippen molar-refractivity contribution in [1.82, 2.24) is 15.0 Å². The van der Waals surface area contributed by atoms with Crippen LogP contribution < -0.4 is 5.32 Å². The number of thioether (sulfide) groups is 1. The first-order chi connectivity index (χ1) is 12.1. The molecule has 0 atom stereocenters. The maximum absolute atomic E-state index is 12.0. The van der Waals surface area contributed by atoms with E-state index in [0.717, 1.165) is 16.8 Å². The summed E-state index contributed by atoms with van der Waals surface area (Å²) in [5.41, 5.74) is 3.86. The Morgan fingerprint density at radius 2 is 1.92 bits per heavy atom. The summed E-state index contributed by atoms with van der Waals surface area (Å²) in [5, 5.41) is 5.97. The summed E-state index contributed by atoms with van der Waals surface area (Å²) < 4.78 is 0. The summed E-state index contributed by atoms with van der Waals surface area (Å²) in [6.45, 7) is 2.04. The second kappa shape index (κ2) is 8.04. The number of anilines is 1. The van der Waals surface area contributed by atoms with E-state index in [9.17, 15) is 4.79 Å². The summed E-state index contributed by atoms with van der Waals surface area (Å²) in [7, 11) is 0. The molecule has 1 aromatic carbocycles. The maximum atomic E-state index is 12.0. The molecule has 1 N–H and O–H groups in total. The molecule has 5 nitrogen and oxygen atoms in total. The zero-order chi connectivity index (χ0) is 17.6. The van der Waals surface area contributed by atoms with Crippen LogP contribution in [0, 0.1) is 6.92 Å². The molecular formula is C18H16N4OS2. The molecule has 0 saturated carbocycles. The summed E-state index contributed by atoms with van der Waals surface area (Å²) in [6, 6.07) is 8.13. The second-order valence-corrected chi connectivity index (χ2v) is 6.86. The van der Waals surface area contributed by atoms with Crippen molar-refractivity contribution < 1.29 is 4.79 Å². The van der Waals surface area contributed by atoms with Crippen LogP contribution >= 0.6 is 23.1 Å². The summed E-state index contributed by atoms with van der Waals surface area (Å²) in [6.07, 6.45) is 8.40. The van der Waals surface area contributed by atoms with Crippen molar-refractivity contribution in [2.75, 3.05) is 11.6 Å². The molecule has 1 amide bonds. The minimum atomic E-state index is -0.237. The first kappa shape index (κ1) is 17.3. The SMILES string of the molecule is CSc1ncc(C=CC(=O)Nc2nc(-c3ccc(C)cc3)cs2)cn1. The Morgan fingerprint density at radius 1 is 1.20 bits per heavy atom. The van der Waals surface area contributed by atoms with E-state index in [1.165, 1.54) is 34.7 Å². The topological polar surface area (TPSA) is 67.8 Å². The molecule has 0 aliphatic carbocycles. The lowest BCUT2D eigenvalue weighted by Crippen LogP contribution is -2.07. The molecule has 0 aliphatic rings. The minimum Gasteiger partial charge on any atom is -0.298 e. The van der Waals surface area contributed by atoms with Gasteiger partial charge in [0.2, 0.25) is 5.91 Å². The van der Waals surface area contributed by atoms with Gasteiger partial charge in [0.05, 0.1) is 5.69 Å². The number of benzene rings is 1. The summed E-state index contributed by atoms with van der Waals surface area (Å²) in [4.78, 5) is 24.8. The number of carbonyl (C=O) groups is 1. The van der Waals surface area contributed by atoms with Crippen LogP contribution in [0.5, 0.6) is 0 Å². The Balaban J connectivity index is 1.63. The highest BCUT2D eigenvalue weighted by Crippen LogP contribution is 2.25. The average molecular weight is 368 g/mol. The molecule has 3 rings (SSSR count). The summed E-state index contributed by atoms with van der Waals surface area (Å²) >= 11 is 2.87. The number of thiazole rings is 1. The van der Waals surface area contributed by atoms with Crippen LogP contribution in [0.3, 0.4) is 0 Å². The van der Waals surface area contributed by atoms with Crippen LogP contribution in [0.4, 0.5) is 5.13 Å². The third kappa shape index (κ3) is 4.74. The molecule has 3 aromatic rings. The van der Waals surface area contributed by atoms with Crippen molar-refractivity contribution in [3.63, 3.8) is 0 Å². The third-order valence-electron chi connectivity index (χ3n) is 3.34. The van der Waals surface area contributed by atoms with Crippen LogP contribution in [0.15, 0.2) is 53.3 Å². The van der Waals surface area contributed by atoms with Crippen molar-refractivity contribution in [2.45, 2.75) is 12.1 Å². The Bertz CT molecular complexity index is 886. The van der Waals surface area contributed by atoms with Gasteiger partial charge in [-0.25, -0.2) is 15.0 Å². The van der Waals surface area contributed by atoms with Crippen LogP contribution in [0.1, 0.15) is 11.1 Å². The number of nitrogens with one attached hydrogen (secondary N) is 1. The zero-order valence-electron chi connectivity index (χ0n) is 13.8. The van der Waals surface area contributed by atoms with Gasteiger partial charge < -0.3 is 0 Å². The molecule has 0 bridgehead atoms. The van der Waals surface area contributed by atoms with Crippen LogP contribution in [0.25, 0.3) is 17.3 Å². The quantitative estimate of drug-likeness (QED) is 0.413. The van der Waals surface area contributed by atoms with Crippen LogP contribution in [-0.4, -0.2) is 27.1 Å². The van der Waals surface area contributed by atoms with Crippen molar-refractivity contribution in [3.8, 4) is 11.3 Å². The first-order valence-corrected chi connectivity index (χ1v) is 9.62. The fourth-order valence-electron chi connectivity index (χ4n) is 2.02. The lowest BCUT2D eigenvalue weighted by atomic mass is 10.1. The largest absolute Gasteiger partial charge is 0.298 e. The van der Waals surface area contributed by atoms with Crippen molar-refractivity contribution >= 4 is 40.2 Å². The first-order valence-electron chi connectivity index (χ1n) is 7.52. The van der Waals surface area contributed by atoms with E-state index in [1.807, 2.05) is 42.8 Å². The predicted molar refractivity (Wildman–Crippen MR) is 104 cm³/mol. The molecule has 2 aromatic heterocycles. The number of hydrogen-bond donors (Lipinski definition) is 1. The minimum absolute atomic E-state index is 0.237. The van der Waals surface area contributed by atoms with Crippen molar-refractivity contribution in [1.29, 1.82) is 0 Å². The molecule has 7 heteroatoms. The van der Waals surface area contributed by atoms with E-state index >= 15 is 0 Å². The molecule has 2 heterocycles. The molecule has 0 fully saturated rings.